The van der Waals surface area contributed by atoms with Crippen LogP contribution in [0.1, 0.15) is 18.9 Å². The number of hydrogen-bond acceptors (Lipinski definition) is 4. The first-order valence-electron chi connectivity index (χ1n) is 8.44. The van der Waals surface area contributed by atoms with Crippen molar-refractivity contribution in [1.82, 2.24) is 9.80 Å². The van der Waals surface area contributed by atoms with Crippen LogP contribution in [0.2, 0.25) is 0 Å². The van der Waals surface area contributed by atoms with Crippen molar-refractivity contribution in [2.45, 2.75) is 31.9 Å². The standard InChI is InChI=1S/C18H27FN2O3/c1-14(6-7-15-4-3-5-16(19)10-15)21-8-9-24-17(12-21)11-20(2)13-18(22)23/h3-5,10,14,17H,6-9,11-13H2,1-2H3,(H,22,23). The van der Waals surface area contributed by atoms with Gasteiger partial charge in [0.2, 0.25) is 0 Å². The van der Waals surface area contributed by atoms with Crippen molar-refractivity contribution < 1.29 is 19.0 Å². The fourth-order valence-corrected chi connectivity index (χ4v) is 3.15. The van der Waals surface area contributed by atoms with Crippen LogP contribution in [0, 0.1) is 5.82 Å². The Kier molecular flexibility index (Phi) is 7.15. The molecule has 24 heavy (non-hydrogen) atoms. The van der Waals surface area contributed by atoms with Gasteiger partial charge in [-0.1, -0.05) is 12.1 Å². The lowest BCUT2D eigenvalue weighted by Crippen LogP contribution is -2.50. The minimum Gasteiger partial charge on any atom is -0.480 e. The smallest absolute Gasteiger partial charge is 0.317 e. The second kappa shape index (κ2) is 9.11. The Balaban J connectivity index is 1.79. The van der Waals surface area contributed by atoms with Gasteiger partial charge in [-0.25, -0.2) is 4.39 Å². The molecule has 1 fully saturated rings. The van der Waals surface area contributed by atoms with Gasteiger partial charge in [-0.15, -0.1) is 0 Å². The van der Waals surface area contributed by atoms with E-state index >= 15 is 0 Å². The molecule has 6 heteroatoms. The lowest BCUT2D eigenvalue weighted by molar-refractivity contribution is -0.138. The fourth-order valence-electron chi connectivity index (χ4n) is 3.15. The lowest BCUT2D eigenvalue weighted by Gasteiger charge is -2.38. The van der Waals surface area contributed by atoms with Crippen molar-refractivity contribution in [2.24, 2.45) is 0 Å². The molecule has 1 aliphatic rings. The number of morpholine rings is 1. The molecule has 1 saturated heterocycles. The number of ether oxygens (including phenoxy) is 1. The zero-order valence-corrected chi connectivity index (χ0v) is 14.4. The van der Waals surface area contributed by atoms with Crippen molar-refractivity contribution in [3.8, 4) is 0 Å². The number of halogens is 1. The highest BCUT2D eigenvalue weighted by atomic mass is 19.1. The number of aryl methyl sites for hydroxylation is 1. The molecule has 0 amide bonds. The van der Waals surface area contributed by atoms with E-state index in [-0.39, 0.29) is 18.5 Å². The molecule has 1 heterocycles. The quantitative estimate of drug-likeness (QED) is 0.784. The number of hydrogen-bond donors (Lipinski definition) is 1. The monoisotopic (exact) mass is 338 g/mol. The van der Waals surface area contributed by atoms with E-state index in [9.17, 15) is 9.18 Å². The number of carboxylic acids is 1. The fraction of sp³-hybridized carbons (Fsp3) is 0.611. The Hall–Kier alpha value is -1.50. The van der Waals surface area contributed by atoms with Gasteiger partial charge in [-0.3, -0.25) is 14.6 Å². The highest BCUT2D eigenvalue weighted by molar-refractivity contribution is 5.69. The summed E-state index contributed by atoms with van der Waals surface area (Å²) >= 11 is 0. The van der Waals surface area contributed by atoms with E-state index in [1.807, 2.05) is 6.07 Å². The van der Waals surface area contributed by atoms with Crippen LogP contribution in [-0.2, 0) is 16.0 Å². The normalized spacial score (nSPS) is 20.2. The van der Waals surface area contributed by atoms with Gasteiger partial charge in [0.25, 0.3) is 0 Å². The maximum absolute atomic E-state index is 13.2. The average molecular weight is 338 g/mol. The van der Waals surface area contributed by atoms with Gasteiger partial charge in [0.15, 0.2) is 0 Å². The molecule has 0 radical (unpaired) electrons. The number of rotatable bonds is 8. The zero-order valence-electron chi connectivity index (χ0n) is 14.4. The van der Waals surface area contributed by atoms with Crippen molar-refractivity contribution in [2.75, 3.05) is 39.8 Å². The summed E-state index contributed by atoms with van der Waals surface area (Å²) in [5.41, 5.74) is 1.02. The molecule has 1 aliphatic heterocycles. The maximum atomic E-state index is 13.2. The summed E-state index contributed by atoms with van der Waals surface area (Å²) in [6.07, 6.45) is 1.83. The summed E-state index contributed by atoms with van der Waals surface area (Å²) in [4.78, 5) is 14.9. The zero-order chi connectivity index (χ0) is 17.5. The predicted molar refractivity (Wildman–Crippen MR) is 90.6 cm³/mol. The first-order chi connectivity index (χ1) is 11.4. The summed E-state index contributed by atoms with van der Waals surface area (Å²) in [7, 11) is 1.80. The Morgan fingerprint density at radius 2 is 2.33 bits per heavy atom. The molecule has 2 unspecified atom stereocenters. The van der Waals surface area contributed by atoms with Gasteiger partial charge in [0.05, 0.1) is 19.3 Å². The molecule has 2 atom stereocenters. The van der Waals surface area contributed by atoms with Crippen LogP contribution < -0.4 is 0 Å². The maximum Gasteiger partial charge on any atom is 0.317 e. The summed E-state index contributed by atoms with van der Waals surface area (Å²) in [6, 6.07) is 7.14. The predicted octanol–water partition coefficient (Wildman–Crippen LogP) is 1.86. The van der Waals surface area contributed by atoms with E-state index in [1.54, 1.807) is 24.1 Å². The van der Waals surface area contributed by atoms with E-state index in [1.165, 1.54) is 6.07 Å². The van der Waals surface area contributed by atoms with Crippen molar-refractivity contribution in [3.63, 3.8) is 0 Å². The molecule has 5 nitrogen and oxygen atoms in total. The Morgan fingerprint density at radius 3 is 3.04 bits per heavy atom. The Bertz CT molecular complexity index is 541. The first-order valence-corrected chi connectivity index (χ1v) is 8.44. The molecule has 0 bridgehead atoms. The number of nitrogens with zero attached hydrogens (tertiary/aromatic N) is 2. The molecular weight excluding hydrogens is 311 g/mol. The number of likely N-dealkylation sites (N-methyl/N-ethyl adjacent to an activating group) is 1. The highest BCUT2D eigenvalue weighted by Crippen LogP contribution is 2.15. The number of carbonyl (C=O) groups is 1. The van der Waals surface area contributed by atoms with Gasteiger partial charge >= 0.3 is 5.97 Å². The topological polar surface area (TPSA) is 53.0 Å². The highest BCUT2D eigenvalue weighted by Gasteiger charge is 2.25. The van der Waals surface area contributed by atoms with Crippen LogP contribution >= 0.6 is 0 Å². The number of aliphatic carboxylic acids is 1. The lowest BCUT2D eigenvalue weighted by atomic mass is 10.0. The van der Waals surface area contributed by atoms with E-state index in [0.29, 0.717) is 19.2 Å². The first kappa shape index (κ1) is 18.8. The van der Waals surface area contributed by atoms with E-state index in [4.69, 9.17) is 9.84 Å². The van der Waals surface area contributed by atoms with Gasteiger partial charge in [0.1, 0.15) is 5.82 Å². The minimum absolute atomic E-state index is 0.0228. The van der Waals surface area contributed by atoms with E-state index in [2.05, 4.69) is 11.8 Å². The van der Waals surface area contributed by atoms with Crippen molar-refractivity contribution in [3.05, 3.63) is 35.6 Å². The molecule has 1 aromatic rings. The third-order valence-electron chi connectivity index (χ3n) is 4.45. The van der Waals surface area contributed by atoms with Crippen molar-refractivity contribution >= 4 is 5.97 Å². The second-order valence-electron chi connectivity index (χ2n) is 6.60. The van der Waals surface area contributed by atoms with E-state index in [0.717, 1.165) is 31.5 Å². The number of benzene rings is 1. The largest absolute Gasteiger partial charge is 0.480 e. The molecule has 1 N–H and O–H groups in total. The summed E-state index contributed by atoms with van der Waals surface area (Å²) in [5, 5.41) is 8.83. The third kappa shape index (κ3) is 6.19. The molecule has 0 spiro atoms. The molecule has 0 aromatic heterocycles. The molecular formula is C18H27FN2O3. The van der Waals surface area contributed by atoms with E-state index < -0.39 is 5.97 Å². The van der Waals surface area contributed by atoms with Crippen LogP contribution in [-0.4, -0.2) is 72.9 Å². The molecule has 1 aromatic carbocycles. The van der Waals surface area contributed by atoms with Crippen LogP contribution in [0.5, 0.6) is 0 Å². The van der Waals surface area contributed by atoms with Gasteiger partial charge < -0.3 is 9.84 Å². The Labute approximate surface area is 143 Å². The second-order valence-corrected chi connectivity index (χ2v) is 6.60. The number of carboxylic acid groups (broad SMARTS) is 1. The summed E-state index contributed by atoms with van der Waals surface area (Å²) in [5.74, 6) is -1.01. The molecule has 134 valence electrons. The average Bonchev–Trinajstić information content (AvgIpc) is 2.52. The summed E-state index contributed by atoms with van der Waals surface area (Å²) in [6.45, 7) is 5.16. The molecule has 2 rings (SSSR count). The van der Waals surface area contributed by atoms with Gasteiger partial charge in [-0.2, -0.15) is 0 Å². The molecule has 0 aliphatic carbocycles. The van der Waals surface area contributed by atoms with Crippen LogP contribution in [0.3, 0.4) is 0 Å². The SMILES string of the molecule is CC(CCc1cccc(F)c1)N1CCOC(CN(C)CC(=O)O)C1. The minimum atomic E-state index is -0.825. The van der Waals surface area contributed by atoms with Crippen LogP contribution in [0.4, 0.5) is 4.39 Å². The summed E-state index contributed by atoms with van der Waals surface area (Å²) < 4.78 is 19.0. The van der Waals surface area contributed by atoms with Gasteiger partial charge in [-0.05, 0) is 44.5 Å². The molecule has 0 saturated carbocycles. The van der Waals surface area contributed by atoms with Crippen LogP contribution in [0.15, 0.2) is 24.3 Å². The Morgan fingerprint density at radius 1 is 1.54 bits per heavy atom. The van der Waals surface area contributed by atoms with Crippen LogP contribution in [0.25, 0.3) is 0 Å². The third-order valence-corrected chi connectivity index (χ3v) is 4.45. The van der Waals surface area contributed by atoms with Gasteiger partial charge in [0, 0.05) is 25.7 Å². The van der Waals surface area contributed by atoms with Crippen molar-refractivity contribution in [1.29, 1.82) is 0 Å².